The Labute approximate surface area is 120 Å². The smallest absolute Gasteiger partial charge is 0.0510 e. The number of hydrogen-bond donors (Lipinski definition) is 1. The van der Waals surface area contributed by atoms with E-state index in [1.807, 2.05) is 0 Å². The molecule has 1 heterocycles. The fourth-order valence-electron chi connectivity index (χ4n) is 2.85. The Balaban J connectivity index is 2.44. The summed E-state index contributed by atoms with van der Waals surface area (Å²) in [5.41, 5.74) is 0. The van der Waals surface area contributed by atoms with Gasteiger partial charge in [-0.1, -0.05) is 33.6 Å². The Morgan fingerprint density at radius 2 is 1.84 bits per heavy atom. The average Bonchev–Trinajstić information content (AvgIpc) is 2.95. The van der Waals surface area contributed by atoms with Gasteiger partial charge in [0.2, 0.25) is 0 Å². The topological polar surface area (TPSA) is 24.5 Å². The van der Waals surface area contributed by atoms with Gasteiger partial charge in [0.25, 0.3) is 0 Å². The van der Waals surface area contributed by atoms with Crippen LogP contribution in [0.1, 0.15) is 52.9 Å². The molecule has 0 aromatic rings. The van der Waals surface area contributed by atoms with Gasteiger partial charge in [-0.15, -0.1) is 0 Å². The summed E-state index contributed by atoms with van der Waals surface area (Å²) < 4.78 is 5.57. The monoisotopic (exact) mass is 270 g/mol. The van der Waals surface area contributed by atoms with Crippen molar-refractivity contribution in [3.8, 4) is 0 Å². The highest BCUT2D eigenvalue weighted by molar-refractivity contribution is 4.82. The van der Waals surface area contributed by atoms with E-state index in [4.69, 9.17) is 4.74 Å². The second kappa shape index (κ2) is 10.6. The van der Waals surface area contributed by atoms with E-state index in [1.165, 1.54) is 51.7 Å². The first-order valence-corrected chi connectivity index (χ1v) is 8.35. The molecule has 2 unspecified atom stereocenters. The van der Waals surface area contributed by atoms with Gasteiger partial charge in [0.15, 0.2) is 0 Å². The van der Waals surface area contributed by atoms with Crippen LogP contribution in [0.4, 0.5) is 0 Å². The van der Waals surface area contributed by atoms with Crippen molar-refractivity contribution in [1.29, 1.82) is 0 Å². The van der Waals surface area contributed by atoms with Crippen molar-refractivity contribution >= 4 is 0 Å². The van der Waals surface area contributed by atoms with Gasteiger partial charge < -0.3 is 15.0 Å². The number of unbranched alkanes of at least 4 members (excludes halogenated alkanes) is 2. The molecule has 0 aromatic carbocycles. The van der Waals surface area contributed by atoms with Crippen molar-refractivity contribution < 1.29 is 4.74 Å². The zero-order valence-electron chi connectivity index (χ0n) is 13.3. The van der Waals surface area contributed by atoms with Crippen LogP contribution in [0.25, 0.3) is 0 Å². The molecule has 1 N–H and O–H groups in total. The predicted octanol–water partition coefficient (Wildman–Crippen LogP) is 2.90. The quantitative estimate of drug-likeness (QED) is 0.625. The predicted molar refractivity (Wildman–Crippen MR) is 82.6 cm³/mol. The summed E-state index contributed by atoms with van der Waals surface area (Å²) in [5, 5.41) is 3.69. The van der Waals surface area contributed by atoms with Crippen LogP contribution >= 0.6 is 0 Å². The SMILES string of the molecule is CCCCN(CCCC)CC(NCC)C1CCOC1. The summed E-state index contributed by atoms with van der Waals surface area (Å²) in [6.45, 7) is 13.5. The fourth-order valence-corrected chi connectivity index (χ4v) is 2.85. The number of rotatable bonds is 11. The number of nitrogens with one attached hydrogen (secondary N) is 1. The molecule has 19 heavy (non-hydrogen) atoms. The third-order valence-corrected chi connectivity index (χ3v) is 4.11. The molecule has 3 heteroatoms. The van der Waals surface area contributed by atoms with E-state index in [-0.39, 0.29) is 0 Å². The summed E-state index contributed by atoms with van der Waals surface area (Å²) in [4.78, 5) is 2.67. The summed E-state index contributed by atoms with van der Waals surface area (Å²) in [6, 6.07) is 0.612. The van der Waals surface area contributed by atoms with Gasteiger partial charge in [-0.2, -0.15) is 0 Å². The molecule has 0 aromatic heterocycles. The maximum atomic E-state index is 5.57. The molecule has 0 amide bonds. The highest BCUT2D eigenvalue weighted by Crippen LogP contribution is 2.18. The molecule has 114 valence electrons. The first-order chi connectivity index (χ1) is 9.31. The molecular formula is C16H34N2O. The fraction of sp³-hybridized carbons (Fsp3) is 1.00. The van der Waals surface area contributed by atoms with E-state index in [1.54, 1.807) is 0 Å². The van der Waals surface area contributed by atoms with E-state index in [2.05, 4.69) is 31.0 Å². The van der Waals surface area contributed by atoms with Gasteiger partial charge in [-0.3, -0.25) is 0 Å². The van der Waals surface area contributed by atoms with E-state index < -0.39 is 0 Å². The number of nitrogens with zero attached hydrogens (tertiary/aromatic N) is 1. The Morgan fingerprint density at radius 3 is 2.32 bits per heavy atom. The van der Waals surface area contributed by atoms with Gasteiger partial charge in [0.1, 0.15) is 0 Å². The van der Waals surface area contributed by atoms with E-state index in [0.717, 1.165) is 19.8 Å². The maximum Gasteiger partial charge on any atom is 0.0510 e. The lowest BCUT2D eigenvalue weighted by Crippen LogP contribution is -2.46. The Hall–Kier alpha value is -0.120. The van der Waals surface area contributed by atoms with Crippen molar-refractivity contribution in [3.05, 3.63) is 0 Å². The Kier molecular flexibility index (Phi) is 9.48. The van der Waals surface area contributed by atoms with Crippen molar-refractivity contribution in [2.75, 3.05) is 39.4 Å². The van der Waals surface area contributed by atoms with Gasteiger partial charge in [0, 0.05) is 25.1 Å². The van der Waals surface area contributed by atoms with Gasteiger partial charge in [-0.25, -0.2) is 0 Å². The lowest BCUT2D eigenvalue weighted by molar-refractivity contribution is 0.160. The number of ether oxygens (including phenoxy) is 1. The molecule has 0 spiro atoms. The third-order valence-electron chi connectivity index (χ3n) is 4.11. The molecule has 0 saturated carbocycles. The minimum atomic E-state index is 0.612. The third kappa shape index (κ3) is 6.73. The minimum Gasteiger partial charge on any atom is -0.381 e. The second-order valence-corrected chi connectivity index (χ2v) is 5.80. The zero-order chi connectivity index (χ0) is 13.9. The molecule has 1 rings (SSSR count). The Bertz CT molecular complexity index is 197. The second-order valence-electron chi connectivity index (χ2n) is 5.80. The number of likely N-dealkylation sites (N-methyl/N-ethyl adjacent to an activating group) is 1. The molecule has 1 fully saturated rings. The molecule has 1 saturated heterocycles. The van der Waals surface area contributed by atoms with Crippen LogP contribution in [0, 0.1) is 5.92 Å². The molecular weight excluding hydrogens is 236 g/mol. The Morgan fingerprint density at radius 1 is 1.16 bits per heavy atom. The summed E-state index contributed by atoms with van der Waals surface area (Å²) in [7, 11) is 0. The van der Waals surface area contributed by atoms with Crippen LogP contribution in [0.3, 0.4) is 0 Å². The molecule has 0 aliphatic carbocycles. The van der Waals surface area contributed by atoms with Gasteiger partial charge in [0.05, 0.1) is 6.61 Å². The summed E-state index contributed by atoms with van der Waals surface area (Å²) >= 11 is 0. The largest absolute Gasteiger partial charge is 0.381 e. The molecule has 3 nitrogen and oxygen atoms in total. The van der Waals surface area contributed by atoms with Crippen LogP contribution in [-0.4, -0.2) is 50.3 Å². The van der Waals surface area contributed by atoms with E-state index in [0.29, 0.717) is 12.0 Å². The standard InChI is InChI=1S/C16H34N2O/c1-4-7-10-18(11-8-5-2)13-16(17-6-3)15-9-12-19-14-15/h15-17H,4-14H2,1-3H3. The van der Waals surface area contributed by atoms with Gasteiger partial charge >= 0.3 is 0 Å². The highest BCUT2D eigenvalue weighted by Gasteiger charge is 2.26. The van der Waals surface area contributed by atoms with Crippen molar-refractivity contribution in [3.63, 3.8) is 0 Å². The lowest BCUT2D eigenvalue weighted by atomic mass is 9.98. The van der Waals surface area contributed by atoms with Crippen LogP contribution in [-0.2, 0) is 4.74 Å². The highest BCUT2D eigenvalue weighted by atomic mass is 16.5. The molecule has 1 aliphatic rings. The zero-order valence-corrected chi connectivity index (χ0v) is 13.3. The molecule has 0 radical (unpaired) electrons. The van der Waals surface area contributed by atoms with Crippen LogP contribution in [0.2, 0.25) is 0 Å². The average molecular weight is 270 g/mol. The number of hydrogen-bond acceptors (Lipinski definition) is 3. The minimum absolute atomic E-state index is 0.612. The van der Waals surface area contributed by atoms with Crippen LogP contribution < -0.4 is 5.32 Å². The van der Waals surface area contributed by atoms with E-state index in [9.17, 15) is 0 Å². The van der Waals surface area contributed by atoms with Gasteiger partial charge in [-0.05, 0) is 38.9 Å². The summed E-state index contributed by atoms with van der Waals surface area (Å²) in [5.74, 6) is 0.714. The molecule has 0 bridgehead atoms. The first kappa shape index (κ1) is 16.9. The van der Waals surface area contributed by atoms with Crippen molar-refractivity contribution in [1.82, 2.24) is 10.2 Å². The lowest BCUT2D eigenvalue weighted by Gasteiger charge is -2.31. The van der Waals surface area contributed by atoms with Crippen molar-refractivity contribution in [2.24, 2.45) is 5.92 Å². The van der Waals surface area contributed by atoms with Crippen molar-refractivity contribution in [2.45, 2.75) is 58.9 Å². The van der Waals surface area contributed by atoms with E-state index >= 15 is 0 Å². The first-order valence-electron chi connectivity index (χ1n) is 8.35. The molecule has 2 atom stereocenters. The maximum absolute atomic E-state index is 5.57. The summed E-state index contributed by atoms with van der Waals surface area (Å²) in [6.07, 6.45) is 6.46. The molecule has 1 aliphatic heterocycles. The van der Waals surface area contributed by atoms with Crippen LogP contribution in [0.15, 0.2) is 0 Å². The normalized spacial score (nSPS) is 21.2. The van der Waals surface area contributed by atoms with Crippen LogP contribution in [0.5, 0.6) is 0 Å².